The first-order valence-corrected chi connectivity index (χ1v) is 10.1. The second-order valence-corrected chi connectivity index (χ2v) is 8.09. The SMILES string of the molecule is CCOc1cc(Br)cc(/C=C2/SC(=Nc3ccc(Br)cc3)NC2=O)c1O. The smallest absolute Gasteiger partial charge is 0.264 e. The summed E-state index contributed by atoms with van der Waals surface area (Å²) in [6, 6.07) is 10.9. The van der Waals surface area contributed by atoms with Crippen LogP contribution < -0.4 is 10.1 Å². The van der Waals surface area contributed by atoms with Gasteiger partial charge in [-0.15, -0.1) is 0 Å². The highest BCUT2D eigenvalue weighted by molar-refractivity contribution is 9.10. The van der Waals surface area contributed by atoms with Gasteiger partial charge in [0.1, 0.15) is 0 Å². The average molecular weight is 498 g/mol. The lowest BCUT2D eigenvalue weighted by atomic mass is 10.1. The number of amides is 1. The number of phenols is 1. The van der Waals surface area contributed by atoms with E-state index in [1.807, 2.05) is 31.2 Å². The molecule has 2 N–H and O–H groups in total. The van der Waals surface area contributed by atoms with Gasteiger partial charge >= 0.3 is 0 Å². The van der Waals surface area contributed by atoms with Crippen molar-refractivity contribution in [2.24, 2.45) is 4.99 Å². The molecular formula is C18H14Br2N2O3S. The Morgan fingerprint density at radius 2 is 1.96 bits per heavy atom. The zero-order chi connectivity index (χ0) is 18.7. The van der Waals surface area contributed by atoms with E-state index < -0.39 is 0 Å². The number of carbonyl (C=O) groups excluding carboxylic acids is 1. The predicted octanol–water partition coefficient (Wildman–Crippen LogP) is 5.21. The Labute approximate surface area is 171 Å². The van der Waals surface area contributed by atoms with E-state index in [0.717, 1.165) is 14.6 Å². The number of benzene rings is 2. The van der Waals surface area contributed by atoms with Gasteiger partial charge in [-0.1, -0.05) is 31.9 Å². The number of nitrogens with zero attached hydrogens (tertiary/aromatic N) is 1. The van der Waals surface area contributed by atoms with Gasteiger partial charge in [0.05, 0.1) is 17.2 Å². The lowest BCUT2D eigenvalue weighted by Gasteiger charge is -2.09. The number of ether oxygens (including phenoxy) is 1. The van der Waals surface area contributed by atoms with Gasteiger partial charge in [-0.05, 0) is 61.2 Å². The fourth-order valence-corrected chi connectivity index (χ4v) is 3.78. The van der Waals surface area contributed by atoms with Gasteiger partial charge in [0.15, 0.2) is 16.7 Å². The van der Waals surface area contributed by atoms with Crippen molar-refractivity contribution in [1.82, 2.24) is 5.32 Å². The van der Waals surface area contributed by atoms with Gasteiger partial charge in [0.2, 0.25) is 0 Å². The number of thioether (sulfide) groups is 1. The van der Waals surface area contributed by atoms with Gasteiger partial charge in [0, 0.05) is 14.5 Å². The number of carbonyl (C=O) groups is 1. The number of phenolic OH excluding ortho intramolecular Hbond substituents is 1. The summed E-state index contributed by atoms with van der Waals surface area (Å²) in [6.45, 7) is 2.27. The van der Waals surface area contributed by atoms with Gasteiger partial charge < -0.3 is 15.2 Å². The van der Waals surface area contributed by atoms with Crippen molar-refractivity contribution in [3.63, 3.8) is 0 Å². The van der Waals surface area contributed by atoms with Crippen LogP contribution in [0.4, 0.5) is 5.69 Å². The first-order chi connectivity index (χ1) is 12.5. The molecule has 0 spiro atoms. The molecule has 1 amide bonds. The Morgan fingerprint density at radius 1 is 1.23 bits per heavy atom. The maximum atomic E-state index is 12.2. The minimum absolute atomic E-state index is 0.00533. The Balaban J connectivity index is 1.88. The summed E-state index contributed by atoms with van der Waals surface area (Å²) < 4.78 is 7.12. The third-order valence-electron chi connectivity index (χ3n) is 3.36. The van der Waals surface area contributed by atoms with Crippen LogP contribution >= 0.6 is 43.6 Å². The van der Waals surface area contributed by atoms with E-state index in [9.17, 15) is 9.90 Å². The van der Waals surface area contributed by atoms with Gasteiger partial charge in [0.25, 0.3) is 5.91 Å². The zero-order valence-electron chi connectivity index (χ0n) is 13.6. The molecule has 0 bridgehead atoms. The first-order valence-electron chi connectivity index (χ1n) is 7.66. The normalized spacial score (nSPS) is 17.0. The Hall–Kier alpha value is -1.77. The van der Waals surface area contributed by atoms with Crippen molar-refractivity contribution in [3.05, 3.63) is 55.8 Å². The van der Waals surface area contributed by atoms with Crippen molar-refractivity contribution < 1.29 is 14.6 Å². The van der Waals surface area contributed by atoms with Crippen LogP contribution in [0.25, 0.3) is 6.08 Å². The Morgan fingerprint density at radius 3 is 2.65 bits per heavy atom. The van der Waals surface area contributed by atoms with Crippen molar-refractivity contribution in [1.29, 1.82) is 0 Å². The maximum absolute atomic E-state index is 12.2. The molecule has 1 aliphatic heterocycles. The van der Waals surface area contributed by atoms with E-state index in [2.05, 4.69) is 42.2 Å². The fourth-order valence-electron chi connectivity index (χ4n) is 2.22. The maximum Gasteiger partial charge on any atom is 0.264 e. The van der Waals surface area contributed by atoms with Crippen LogP contribution in [-0.4, -0.2) is 22.8 Å². The molecule has 26 heavy (non-hydrogen) atoms. The Kier molecular flexibility index (Phi) is 6.05. The Bertz CT molecular complexity index is 911. The van der Waals surface area contributed by atoms with E-state index in [-0.39, 0.29) is 11.7 Å². The zero-order valence-corrected chi connectivity index (χ0v) is 17.6. The molecule has 2 aromatic rings. The summed E-state index contributed by atoms with van der Waals surface area (Å²) in [4.78, 5) is 17.1. The molecule has 3 rings (SSSR count). The molecule has 0 saturated carbocycles. The van der Waals surface area contributed by atoms with Gasteiger partial charge in [-0.25, -0.2) is 4.99 Å². The summed E-state index contributed by atoms with van der Waals surface area (Å²) >= 11 is 7.98. The van der Waals surface area contributed by atoms with Crippen molar-refractivity contribution >= 4 is 66.5 Å². The molecule has 0 atom stereocenters. The van der Waals surface area contributed by atoms with Crippen LogP contribution in [0.5, 0.6) is 11.5 Å². The number of aromatic hydroxyl groups is 1. The third kappa shape index (κ3) is 4.49. The summed E-state index contributed by atoms with van der Waals surface area (Å²) in [5, 5.41) is 13.6. The van der Waals surface area contributed by atoms with Crippen molar-refractivity contribution in [3.8, 4) is 11.5 Å². The van der Waals surface area contributed by atoms with Crippen LogP contribution in [0.15, 0.2) is 55.2 Å². The van der Waals surface area contributed by atoms with Crippen LogP contribution in [0.3, 0.4) is 0 Å². The van der Waals surface area contributed by atoms with Crippen LogP contribution in [0.2, 0.25) is 0 Å². The standard InChI is InChI=1S/C18H14Br2N2O3S/c1-2-25-14-9-12(20)7-10(16(14)23)8-15-17(24)22-18(26-15)21-13-5-3-11(19)4-6-13/h3-9,23H,2H2,1H3,(H,21,22,24)/b15-8+. The molecule has 0 unspecified atom stereocenters. The van der Waals surface area contributed by atoms with Crippen LogP contribution in [0, 0.1) is 0 Å². The second-order valence-electron chi connectivity index (χ2n) is 5.23. The highest BCUT2D eigenvalue weighted by Crippen LogP contribution is 2.37. The van der Waals surface area contributed by atoms with E-state index in [0.29, 0.717) is 28.0 Å². The summed E-state index contributed by atoms with van der Waals surface area (Å²) in [7, 11) is 0. The average Bonchev–Trinajstić information content (AvgIpc) is 2.93. The molecular weight excluding hydrogens is 484 g/mol. The number of rotatable bonds is 4. The van der Waals surface area contributed by atoms with E-state index in [1.165, 1.54) is 11.8 Å². The highest BCUT2D eigenvalue weighted by atomic mass is 79.9. The fraction of sp³-hybridized carbons (Fsp3) is 0.111. The topological polar surface area (TPSA) is 70.9 Å². The monoisotopic (exact) mass is 496 g/mol. The van der Waals surface area contributed by atoms with Gasteiger partial charge in [-0.3, -0.25) is 4.79 Å². The molecule has 2 aromatic carbocycles. The second kappa shape index (κ2) is 8.28. The molecule has 8 heteroatoms. The molecule has 1 heterocycles. The van der Waals surface area contributed by atoms with E-state index in [4.69, 9.17) is 4.74 Å². The first kappa shape index (κ1) is 19.0. The van der Waals surface area contributed by atoms with Crippen LogP contribution in [0.1, 0.15) is 12.5 Å². The number of nitrogens with one attached hydrogen (secondary N) is 1. The lowest BCUT2D eigenvalue weighted by Crippen LogP contribution is -2.19. The molecule has 1 fully saturated rings. The number of aliphatic imine (C=N–C) groups is 1. The largest absolute Gasteiger partial charge is 0.504 e. The van der Waals surface area contributed by atoms with Crippen molar-refractivity contribution in [2.75, 3.05) is 6.61 Å². The summed E-state index contributed by atoms with van der Waals surface area (Å²) in [6.07, 6.45) is 1.62. The number of halogens is 2. The number of hydrogen-bond donors (Lipinski definition) is 2. The molecule has 5 nitrogen and oxygen atoms in total. The molecule has 134 valence electrons. The third-order valence-corrected chi connectivity index (χ3v) is 5.26. The summed E-state index contributed by atoms with van der Waals surface area (Å²) in [5.41, 5.74) is 1.23. The number of amidine groups is 1. The highest BCUT2D eigenvalue weighted by Gasteiger charge is 2.24. The predicted molar refractivity (Wildman–Crippen MR) is 112 cm³/mol. The van der Waals surface area contributed by atoms with Crippen LogP contribution in [-0.2, 0) is 4.79 Å². The summed E-state index contributed by atoms with van der Waals surface area (Å²) in [5.74, 6) is 0.0957. The quantitative estimate of drug-likeness (QED) is 0.569. The molecule has 0 aliphatic carbocycles. The van der Waals surface area contributed by atoms with E-state index >= 15 is 0 Å². The molecule has 1 saturated heterocycles. The van der Waals surface area contributed by atoms with Gasteiger partial charge in [-0.2, -0.15) is 0 Å². The molecule has 0 radical (unpaired) electrons. The number of hydrogen-bond acceptors (Lipinski definition) is 5. The minimum Gasteiger partial charge on any atom is -0.504 e. The lowest BCUT2D eigenvalue weighted by molar-refractivity contribution is -0.115. The van der Waals surface area contributed by atoms with Crippen molar-refractivity contribution in [2.45, 2.75) is 6.92 Å². The minimum atomic E-state index is -0.261. The van der Waals surface area contributed by atoms with E-state index in [1.54, 1.807) is 18.2 Å². The molecule has 0 aromatic heterocycles. The molecule has 1 aliphatic rings.